The molecule has 2 aromatic heterocycles. The number of hydrogen-bond acceptors (Lipinski definition) is 5. The highest BCUT2D eigenvalue weighted by Crippen LogP contribution is 2.32. The van der Waals surface area contributed by atoms with E-state index in [0.717, 1.165) is 40.3 Å². The molecule has 8 nitrogen and oxygen atoms in total. The van der Waals surface area contributed by atoms with Crippen molar-refractivity contribution in [2.75, 3.05) is 26.0 Å². The van der Waals surface area contributed by atoms with Gasteiger partial charge in [-0.25, -0.2) is 9.97 Å². The van der Waals surface area contributed by atoms with Crippen LogP contribution in [0.15, 0.2) is 36.5 Å². The number of nitrogens with one attached hydrogen (secondary N) is 2. The highest BCUT2D eigenvalue weighted by Gasteiger charge is 2.26. The lowest BCUT2D eigenvalue weighted by Crippen LogP contribution is -2.35. The van der Waals surface area contributed by atoms with Gasteiger partial charge in [-0.3, -0.25) is 9.59 Å². The van der Waals surface area contributed by atoms with Crippen LogP contribution in [0.2, 0.25) is 0 Å². The fraction of sp³-hybridized carbons (Fsp3) is 0.333. The van der Waals surface area contributed by atoms with Crippen LogP contribution in [0.3, 0.4) is 0 Å². The first-order valence-corrected chi connectivity index (χ1v) is 10.7. The molecule has 0 unspecified atom stereocenters. The van der Waals surface area contributed by atoms with Gasteiger partial charge in [0.1, 0.15) is 5.69 Å². The van der Waals surface area contributed by atoms with Crippen molar-refractivity contribution in [2.24, 2.45) is 0 Å². The van der Waals surface area contributed by atoms with Crippen LogP contribution >= 0.6 is 0 Å². The average Bonchev–Trinajstić information content (AvgIpc) is 3.03. The molecular formula is C24H28N6O2. The molecule has 3 heterocycles. The van der Waals surface area contributed by atoms with Gasteiger partial charge in [-0.15, -0.1) is 0 Å². The lowest BCUT2D eigenvalue weighted by atomic mass is 10.1. The predicted molar refractivity (Wildman–Crippen MR) is 124 cm³/mol. The summed E-state index contributed by atoms with van der Waals surface area (Å²) < 4.78 is 2.07. The molecule has 0 spiro atoms. The van der Waals surface area contributed by atoms with Gasteiger partial charge in [0, 0.05) is 56.7 Å². The fourth-order valence-corrected chi connectivity index (χ4v) is 4.18. The molecule has 0 saturated heterocycles. The number of nitrogens with zero attached hydrogens (tertiary/aromatic N) is 4. The SMILES string of the molecule is Cc1c(-c2ccnc(Nc3cccc(CCC(=O)N(C)C)c3)n2)c(C)n2c1C(=O)NCC2. The Morgan fingerprint density at radius 2 is 2.06 bits per heavy atom. The number of anilines is 2. The highest BCUT2D eigenvalue weighted by atomic mass is 16.2. The van der Waals surface area contributed by atoms with Crippen LogP contribution in [0.25, 0.3) is 11.3 Å². The zero-order valence-electron chi connectivity index (χ0n) is 18.9. The van der Waals surface area contributed by atoms with Gasteiger partial charge >= 0.3 is 0 Å². The van der Waals surface area contributed by atoms with E-state index in [0.29, 0.717) is 31.0 Å². The molecule has 0 saturated carbocycles. The van der Waals surface area contributed by atoms with Crippen molar-refractivity contribution >= 4 is 23.5 Å². The van der Waals surface area contributed by atoms with E-state index >= 15 is 0 Å². The van der Waals surface area contributed by atoms with Crippen molar-refractivity contribution < 1.29 is 9.59 Å². The maximum atomic E-state index is 12.4. The lowest BCUT2D eigenvalue weighted by Gasteiger charge is -2.17. The Labute approximate surface area is 187 Å². The second-order valence-corrected chi connectivity index (χ2v) is 8.22. The Bertz CT molecular complexity index is 1180. The predicted octanol–water partition coefficient (Wildman–Crippen LogP) is 3.07. The zero-order chi connectivity index (χ0) is 22.8. The molecule has 2 amide bonds. The minimum Gasteiger partial charge on any atom is -0.349 e. The number of aromatic nitrogens is 3. The first kappa shape index (κ1) is 21.5. The summed E-state index contributed by atoms with van der Waals surface area (Å²) in [5.41, 5.74) is 6.34. The van der Waals surface area contributed by atoms with Gasteiger partial charge in [-0.1, -0.05) is 12.1 Å². The molecule has 1 aromatic carbocycles. The first-order valence-electron chi connectivity index (χ1n) is 10.7. The van der Waals surface area contributed by atoms with E-state index in [-0.39, 0.29) is 11.8 Å². The zero-order valence-corrected chi connectivity index (χ0v) is 18.9. The molecule has 0 atom stereocenters. The fourth-order valence-electron chi connectivity index (χ4n) is 4.18. The topological polar surface area (TPSA) is 92.2 Å². The quantitative estimate of drug-likeness (QED) is 0.625. The number of aryl methyl sites for hydroxylation is 1. The number of rotatable bonds is 6. The van der Waals surface area contributed by atoms with Gasteiger partial charge in [0.05, 0.1) is 5.69 Å². The monoisotopic (exact) mass is 432 g/mol. The van der Waals surface area contributed by atoms with E-state index < -0.39 is 0 Å². The lowest BCUT2D eigenvalue weighted by molar-refractivity contribution is -0.128. The van der Waals surface area contributed by atoms with E-state index in [4.69, 9.17) is 4.98 Å². The number of hydrogen-bond donors (Lipinski definition) is 2. The maximum Gasteiger partial charge on any atom is 0.268 e. The number of fused-ring (bicyclic) bond motifs is 1. The van der Waals surface area contributed by atoms with Gasteiger partial charge in [-0.05, 0) is 49.6 Å². The Morgan fingerprint density at radius 1 is 1.25 bits per heavy atom. The molecule has 4 rings (SSSR count). The van der Waals surface area contributed by atoms with Crippen molar-refractivity contribution in [3.63, 3.8) is 0 Å². The third-order valence-corrected chi connectivity index (χ3v) is 5.82. The van der Waals surface area contributed by atoms with Crippen LogP contribution in [-0.4, -0.2) is 51.9 Å². The Hall–Kier alpha value is -3.68. The third-order valence-electron chi connectivity index (χ3n) is 5.82. The molecule has 2 N–H and O–H groups in total. The molecule has 0 bridgehead atoms. The van der Waals surface area contributed by atoms with Crippen LogP contribution in [0, 0.1) is 13.8 Å². The second-order valence-electron chi connectivity index (χ2n) is 8.22. The van der Waals surface area contributed by atoms with Gasteiger partial charge in [0.15, 0.2) is 0 Å². The largest absolute Gasteiger partial charge is 0.349 e. The van der Waals surface area contributed by atoms with E-state index in [9.17, 15) is 9.59 Å². The number of benzene rings is 1. The maximum absolute atomic E-state index is 12.4. The molecule has 0 aliphatic carbocycles. The van der Waals surface area contributed by atoms with Gasteiger partial charge in [0.25, 0.3) is 5.91 Å². The van der Waals surface area contributed by atoms with Gasteiger partial charge in [0.2, 0.25) is 11.9 Å². The smallest absolute Gasteiger partial charge is 0.268 e. The van der Waals surface area contributed by atoms with E-state index in [1.54, 1.807) is 25.2 Å². The molecule has 1 aliphatic heterocycles. The average molecular weight is 433 g/mol. The van der Waals surface area contributed by atoms with Crippen LogP contribution in [0.5, 0.6) is 0 Å². The molecule has 3 aromatic rings. The molecule has 1 aliphatic rings. The summed E-state index contributed by atoms with van der Waals surface area (Å²) in [6, 6.07) is 9.79. The summed E-state index contributed by atoms with van der Waals surface area (Å²) in [4.78, 5) is 35.0. The van der Waals surface area contributed by atoms with Crippen molar-refractivity contribution in [3.05, 3.63) is 59.0 Å². The number of amides is 2. The minimum absolute atomic E-state index is 0.0416. The van der Waals surface area contributed by atoms with Crippen LogP contribution in [0.1, 0.15) is 33.7 Å². The van der Waals surface area contributed by atoms with Crippen LogP contribution in [0.4, 0.5) is 11.6 Å². The molecule has 0 radical (unpaired) electrons. The standard InChI is InChI=1S/C24H28N6O2/c1-15-21(16(2)30-13-12-25-23(32)22(15)30)19-10-11-26-24(28-19)27-18-7-5-6-17(14-18)8-9-20(31)29(3)4/h5-7,10-11,14H,8-9,12-13H2,1-4H3,(H,25,32)(H,26,27,28). The normalized spacial score (nSPS) is 12.8. The number of carbonyl (C=O) groups excluding carboxylic acids is 2. The second kappa shape index (κ2) is 8.82. The third kappa shape index (κ3) is 4.21. The van der Waals surface area contributed by atoms with Crippen molar-refractivity contribution in [1.29, 1.82) is 0 Å². The van der Waals surface area contributed by atoms with Gasteiger partial charge < -0.3 is 20.1 Å². The van der Waals surface area contributed by atoms with Crippen LogP contribution < -0.4 is 10.6 Å². The Balaban J connectivity index is 1.57. The summed E-state index contributed by atoms with van der Waals surface area (Å²) >= 11 is 0. The molecule has 8 heteroatoms. The molecule has 0 fully saturated rings. The minimum atomic E-state index is -0.0416. The molecule has 32 heavy (non-hydrogen) atoms. The Kier molecular flexibility index (Phi) is 5.94. The highest BCUT2D eigenvalue weighted by molar-refractivity contribution is 5.97. The van der Waals surface area contributed by atoms with Crippen molar-refractivity contribution in [2.45, 2.75) is 33.2 Å². The molecule has 166 valence electrons. The molecular weight excluding hydrogens is 404 g/mol. The van der Waals surface area contributed by atoms with E-state index in [1.165, 1.54) is 0 Å². The summed E-state index contributed by atoms with van der Waals surface area (Å²) in [7, 11) is 3.53. The van der Waals surface area contributed by atoms with Gasteiger partial charge in [-0.2, -0.15) is 0 Å². The van der Waals surface area contributed by atoms with E-state index in [1.807, 2.05) is 44.2 Å². The van der Waals surface area contributed by atoms with Crippen molar-refractivity contribution in [3.8, 4) is 11.3 Å². The number of carbonyl (C=O) groups is 2. The Morgan fingerprint density at radius 3 is 2.81 bits per heavy atom. The summed E-state index contributed by atoms with van der Waals surface area (Å²) in [5, 5.41) is 6.19. The van der Waals surface area contributed by atoms with Crippen LogP contribution in [-0.2, 0) is 17.8 Å². The summed E-state index contributed by atoms with van der Waals surface area (Å²) in [6.45, 7) is 5.38. The van der Waals surface area contributed by atoms with Crippen molar-refractivity contribution in [1.82, 2.24) is 24.8 Å². The first-order chi connectivity index (χ1) is 15.3. The van der Waals surface area contributed by atoms with E-state index in [2.05, 4.69) is 20.2 Å². The summed E-state index contributed by atoms with van der Waals surface area (Å²) in [5.74, 6) is 0.547. The summed E-state index contributed by atoms with van der Waals surface area (Å²) in [6.07, 6.45) is 2.86.